The third kappa shape index (κ3) is 3.48. The molecule has 0 amide bonds. The molecule has 4 N–H and O–H groups in total. The van der Waals surface area contributed by atoms with Gasteiger partial charge in [-0.15, -0.1) is 0 Å². The highest BCUT2D eigenvalue weighted by Gasteiger charge is 2.20. The van der Waals surface area contributed by atoms with Crippen LogP contribution in [0.2, 0.25) is 0 Å². The molecule has 25 heavy (non-hydrogen) atoms. The summed E-state index contributed by atoms with van der Waals surface area (Å²) in [7, 11) is -4.08. The number of aromatic nitrogens is 1. The third-order valence-corrected chi connectivity index (χ3v) is 4.93. The smallest absolute Gasteiger partial charge is 0.337 e. The van der Waals surface area contributed by atoms with Gasteiger partial charge in [0, 0.05) is 16.1 Å². The second kappa shape index (κ2) is 6.43. The monoisotopic (exact) mass is 421 g/mol. The van der Waals surface area contributed by atoms with Crippen molar-refractivity contribution in [1.29, 1.82) is 0 Å². The number of fused-ring (bicyclic) bond motifs is 1. The van der Waals surface area contributed by atoms with Crippen LogP contribution in [0.5, 0.6) is 0 Å². The Balaban J connectivity index is 2.30. The van der Waals surface area contributed by atoms with Crippen molar-refractivity contribution in [2.75, 3.05) is 5.32 Å². The zero-order chi connectivity index (χ0) is 18.2. The lowest BCUT2D eigenvalue weighted by atomic mass is 10.1. The number of sulfonamides is 1. The first-order chi connectivity index (χ1) is 11.8. The first-order valence-electron chi connectivity index (χ1n) is 6.98. The number of hydrogen-bond acceptors (Lipinski definition) is 5. The summed E-state index contributed by atoms with van der Waals surface area (Å²) >= 11 is 3.33. The van der Waals surface area contributed by atoms with Crippen molar-refractivity contribution in [2.45, 2.75) is 4.90 Å². The number of anilines is 2. The van der Waals surface area contributed by atoms with Gasteiger partial charge in [0.15, 0.2) is 0 Å². The van der Waals surface area contributed by atoms with E-state index >= 15 is 0 Å². The van der Waals surface area contributed by atoms with Crippen LogP contribution in [-0.4, -0.2) is 24.5 Å². The Bertz CT molecular complexity index is 1100. The average molecular weight is 422 g/mol. The van der Waals surface area contributed by atoms with Gasteiger partial charge in [-0.05, 0) is 30.3 Å². The summed E-state index contributed by atoms with van der Waals surface area (Å²) in [6.07, 6.45) is 1.15. The molecular formula is C16H12BrN3O4S. The Morgan fingerprint density at radius 1 is 1.20 bits per heavy atom. The maximum Gasteiger partial charge on any atom is 0.337 e. The van der Waals surface area contributed by atoms with Crippen molar-refractivity contribution in [3.8, 4) is 0 Å². The summed E-state index contributed by atoms with van der Waals surface area (Å²) in [4.78, 5) is 15.3. The van der Waals surface area contributed by atoms with Crippen LogP contribution in [0.25, 0.3) is 10.9 Å². The number of pyridine rings is 1. The largest absolute Gasteiger partial charge is 0.478 e. The molecule has 0 radical (unpaired) electrons. The van der Waals surface area contributed by atoms with Gasteiger partial charge in [0.25, 0.3) is 0 Å². The first-order valence-corrected chi connectivity index (χ1v) is 9.32. The molecule has 0 unspecified atom stereocenters. The number of benzene rings is 2. The number of carboxylic acids is 1. The van der Waals surface area contributed by atoms with E-state index in [1.54, 1.807) is 36.4 Å². The quantitative estimate of drug-likeness (QED) is 0.594. The predicted molar refractivity (Wildman–Crippen MR) is 97.5 cm³/mol. The van der Waals surface area contributed by atoms with Crippen molar-refractivity contribution in [2.24, 2.45) is 5.14 Å². The van der Waals surface area contributed by atoms with Gasteiger partial charge in [-0.25, -0.2) is 18.4 Å². The van der Waals surface area contributed by atoms with Gasteiger partial charge in [0.1, 0.15) is 4.90 Å². The second-order valence-corrected chi connectivity index (χ2v) is 7.63. The van der Waals surface area contributed by atoms with Crippen molar-refractivity contribution >= 4 is 54.2 Å². The van der Waals surface area contributed by atoms with Gasteiger partial charge in [-0.1, -0.05) is 28.1 Å². The Morgan fingerprint density at radius 3 is 2.60 bits per heavy atom. The highest BCUT2D eigenvalue weighted by atomic mass is 79.9. The number of halogens is 1. The average Bonchev–Trinajstić information content (AvgIpc) is 2.54. The van der Waals surface area contributed by atoms with E-state index in [0.717, 1.165) is 6.20 Å². The van der Waals surface area contributed by atoms with E-state index < -0.39 is 16.0 Å². The van der Waals surface area contributed by atoms with Crippen LogP contribution in [0.3, 0.4) is 0 Å². The molecule has 2 aromatic carbocycles. The zero-order valence-electron chi connectivity index (χ0n) is 12.6. The van der Waals surface area contributed by atoms with E-state index in [9.17, 15) is 18.3 Å². The molecule has 1 aromatic heterocycles. The molecule has 0 saturated carbocycles. The number of aromatic carboxylic acids is 1. The molecule has 0 saturated heterocycles. The van der Waals surface area contributed by atoms with Gasteiger partial charge in [0.05, 0.1) is 22.5 Å². The maximum atomic E-state index is 12.0. The lowest BCUT2D eigenvalue weighted by Gasteiger charge is -2.15. The van der Waals surface area contributed by atoms with E-state index in [2.05, 4.69) is 26.2 Å². The summed E-state index contributed by atoms with van der Waals surface area (Å²) in [6.45, 7) is 0. The number of carbonyl (C=O) groups is 1. The maximum absolute atomic E-state index is 12.0. The van der Waals surface area contributed by atoms with Crippen LogP contribution in [0, 0.1) is 0 Å². The van der Waals surface area contributed by atoms with E-state index in [0.29, 0.717) is 15.4 Å². The lowest BCUT2D eigenvalue weighted by molar-refractivity contribution is 0.0698. The molecule has 1 heterocycles. The van der Waals surface area contributed by atoms with E-state index in [-0.39, 0.29) is 21.8 Å². The summed E-state index contributed by atoms with van der Waals surface area (Å²) in [5, 5.41) is 18.0. The van der Waals surface area contributed by atoms with Gasteiger partial charge < -0.3 is 10.4 Å². The number of para-hydroxylation sites is 1. The van der Waals surface area contributed by atoms with Crippen LogP contribution in [0.4, 0.5) is 11.4 Å². The molecule has 0 aliphatic rings. The normalized spacial score (nSPS) is 11.4. The SMILES string of the molecule is NS(=O)(=O)c1cnc2ccc(Br)cc2c1Nc1ccccc1C(=O)O. The number of primary sulfonamides is 1. The lowest BCUT2D eigenvalue weighted by Crippen LogP contribution is -2.15. The number of nitrogens with one attached hydrogen (secondary N) is 1. The first kappa shape index (κ1) is 17.3. The van der Waals surface area contributed by atoms with Crippen LogP contribution in [0.15, 0.2) is 58.0 Å². The predicted octanol–water partition coefficient (Wildman–Crippen LogP) is 3.09. The number of nitrogens with two attached hydrogens (primary N) is 1. The van der Waals surface area contributed by atoms with Gasteiger partial charge in [0.2, 0.25) is 10.0 Å². The van der Waals surface area contributed by atoms with Crippen molar-refractivity contribution in [3.05, 3.63) is 58.7 Å². The highest BCUT2D eigenvalue weighted by molar-refractivity contribution is 9.10. The fraction of sp³-hybridized carbons (Fsp3) is 0. The summed E-state index contributed by atoms with van der Waals surface area (Å²) in [5.74, 6) is -1.14. The Kier molecular flexibility index (Phi) is 4.46. The van der Waals surface area contributed by atoms with Gasteiger partial charge in [-0.2, -0.15) is 0 Å². The van der Waals surface area contributed by atoms with Gasteiger partial charge in [-0.3, -0.25) is 4.98 Å². The summed E-state index contributed by atoms with van der Waals surface area (Å²) in [6, 6.07) is 11.3. The molecule has 0 spiro atoms. The number of rotatable bonds is 4. The number of carboxylic acid groups (broad SMARTS) is 1. The number of hydrogen-bond donors (Lipinski definition) is 3. The summed E-state index contributed by atoms with van der Waals surface area (Å²) < 4.78 is 24.6. The molecule has 0 fully saturated rings. The molecule has 0 bridgehead atoms. The minimum absolute atomic E-state index is 0.00262. The van der Waals surface area contributed by atoms with E-state index in [1.807, 2.05) is 0 Å². The van der Waals surface area contributed by atoms with Crippen molar-refractivity contribution in [1.82, 2.24) is 4.98 Å². The van der Waals surface area contributed by atoms with Crippen LogP contribution >= 0.6 is 15.9 Å². The molecule has 0 aliphatic heterocycles. The molecule has 3 rings (SSSR count). The molecular weight excluding hydrogens is 410 g/mol. The van der Waals surface area contributed by atoms with Crippen LogP contribution < -0.4 is 10.5 Å². The van der Waals surface area contributed by atoms with Crippen LogP contribution in [0.1, 0.15) is 10.4 Å². The minimum Gasteiger partial charge on any atom is -0.478 e. The molecule has 0 atom stereocenters. The van der Waals surface area contributed by atoms with Crippen LogP contribution in [-0.2, 0) is 10.0 Å². The fourth-order valence-electron chi connectivity index (χ4n) is 2.40. The Morgan fingerprint density at radius 2 is 1.92 bits per heavy atom. The minimum atomic E-state index is -4.08. The molecule has 3 aromatic rings. The van der Waals surface area contributed by atoms with Crippen molar-refractivity contribution < 1.29 is 18.3 Å². The Labute approximate surface area is 151 Å². The topological polar surface area (TPSA) is 122 Å². The number of nitrogens with zero attached hydrogens (tertiary/aromatic N) is 1. The standard InChI is InChI=1S/C16H12BrN3O4S/c17-9-5-6-12-11(7-9)15(14(8-19-12)25(18,23)24)20-13-4-2-1-3-10(13)16(21)22/h1-8H,(H,19,20)(H,21,22)(H2,18,23,24). The Hall–Kier alpha value is -2.49. The molecule has 0 aliphatic carbocycles. The zero-order valence-corrected chi connectivity index (χ0v) is 15.0. The van der Waals surface area contributed by atoms with Gasteiger partial charge >= 0.3 is 5.97 Å². The fourth-order valence-corrected chi connectivity index (χ4v) is 3.41. The molecule has 7 nitrogen and oxygen atoms in total. The van der Waals surface area contributed by atoms with E-state index in [1.165, 1.54) is 6.07 Å². The molecule has 128 valence electrons. The van der Waals surface area contributed by atoms with Crippen molar-refractivity contribution in [3.63, 3.8) is 0 Å². The summed E-state index contributed by atoms with van der Waals surface area (Å²) in [5.41, 5.74) is 0.948. The third-order valence-electron chi connectivity index (χ3n) is 3.52. The highest BCUT2D eigenvalue weighted by Crippen LogP contribution is 2.33. The molecule has 9 heteroatoms. The second-order valence-electron chi connectivity index (χ2n) is 5.18. The van der Waals surface area contributed by atoms with E-state index in [4.69, 9.17) is 5.14 Å².